The van der Waals surface area contributed by atoms with Crippen LogP contribution in [0.2, 0.25) is 0 Å². The summed E-state index contributed by atoms with van der Waals surface area (Å²) in [5.74, 6) is 1.52. The number of nitrogens with zero attached hydrogens (tertiary/aromatic N) is 4. The Balaban J connectivity index is 2.12. The highest BCUT2D eigenvalue weighted by Gasteiger charge is 2.17. The first-order valence-electron chi connectivity index (χ1n) is 7.72. The van der Waals surface area contributed by atoms with E-state index in [0.29, 0.717) is 30.6 Å². The molecule has 0 spiro atoms. The molecule has 0 aromatic carbocycles. The van der Waals surface area contributed by atoms with Crippen LogP contribution in [0.25, 0.3) is 0 Å². The summed E-state index contributed by atoms with van der Waals surface area (Å²) >= 11 is 0. The molecule has 0 radical (unpaired) electrons. The van der Waals surface area contributed by atoms with Crippen LogP contribution < -0.4 is 5.32 Å². The van der Waals surface area contributed by atoms with Gasteiger partial charge in [-0.2, -0.15) is 0 Å². The number of amides is 2. The SMILES string of the molecule is Cc1cc(NC(=O)N(Cc2ccccn2)CC(C)C)nc(C)n1. The molecule has 1 N–H and O–H groups in total. The van der Waals surface area contributed by atoms with Gasteiger partial charge in [-0.3, -0.25) is 10.3 Å². The summed E-state index contributed by atoms with van der Waals surface area (Å²) in [6, 6.07) is 7.29. The van der Waals surface area contributed by atoms with E-state index in [0.717, 1.165) is 11.4 Å². The molecular weight excluding hydrogens is 290 g/mol. The molecular formula is C17H23N5O. The topological polar surface area (TPSA) is 71.0 Å². The van der Waals surface area contributed by atoms with Crippen molar-refractivity contribution in [1.82, 2.24) is 19.9 Å². The van der Waals surface area contributed by atoms with Crippen LogP contribution in [0, 0.1) is 19.8 Å². The lowest BCUT2D eigenvalue weighted by Crippen LogP contribution is -2.37. The molecule has 0 saturated carbocycles. The first-order valence-corrected chi connectivity index (χ1v) is 7.72. The number of carbonyl (C=O) groups is 1. The Bertz CT molecular complexity index is 637. The lowest BCUT2D eigenvalue weighted by molar-refractivity contribution is 0.201. The van der Waals surface area contributed by atoms with E-state index in [1.807, 2.05) is 32.0 Å². The number of anilines is 1. The lowest BCUT2D eigenvalue weighted by atomic mass is 10.2. The summed E-state index contributed by atoms with van der Waals surface area (Å²) in [5.41, 5.74) is 1.69. The van der Waals surface area contributed by atoms with Crippen molar-refractivity contribution in [3.05, 3.63) is 47.7 Å². The van der Waals surface area contributed by atoms with Crippen molar-refractivity contribution in [2.45, 2.75) is 34.2 Å². The third-order valence-electron chi connectivity index (χ3n) is 3.15. The predicted octanol–water partition coefficient (Wildman–Crippen LogP) is 3.18. The molecule has 2 aromatic rings. The second-order valence-corrected chi connectivity index (χ2v) is 5.97. The zero-order chi connectivity index (χ0) is 16.8. The van der Waals surface area contributed by atoms with E-state index in [4.69, 9.17) is 0 Å². The van der Waals surface area contributed by atoms with Crippen molar-refractivity contribution >= 4 is 11.8 Å². The normalized spacial score (nSPS) is 10.7. The smallest absolute Gasteiger partial charge is 0.318 e. The van der Waals surface area contributed by atoms with Gasteiger partial charge in [-0.1, -0.05) is 19.9 Å². The fourth-order valence-corrected chi connectivity index (χ4v) is 2.32. The van der Waals surface area contributed by atoms with Crippen molar-refractivity contribution < 1.29 is 4.79 Å². The van der Waals surface area contributed by atoms with Gasteiger partial charge in [0.2, 0.25) is 0 Å². The lowest BCUT2D eigenvalue weighted by Gasteiger charge is -2.24. The molecule has 6 heteroatoms. The maximum absolute atomic E-state index is 12.6. The molecule has 0 atom stereocenters. The summed E-state index contributed by atoms with van der Waals surface area (Å²) in [7, 11) is 0. The summed E-state index contributed by atoms with van der Waals surface area (Å²) in [6.07, 6.45) is 1.73. The van der Waals surface area contributed by atoms with Crippen LogP contribution >= 0.6 is 0 Å². The molecule has 0 aliphatic rings. The van der Waals surface area contributed by atoms with Gasteiger partial charge in [0.1, 0.15) is 11.6 Å². The first kappa shape index (κ1) is 16.9. The molecule has 6 nitrogen and oxygen atoms in total. The minimum absolute atomic E-state index is 0.179. The van der Waals surface area contributed by atoms with Gasteiger partial charge in [0, 0.05) is 24.5 Å². The summed E-state index contributed by atoms with van der Waals surface area (Å²) in [4.78, 5) is 27.1. The van der Waals surface area contributed by atoms with E-state index >= 15 is 0 Å². The van der Waals surface area contributed by atoms with E-state index in [2.05, 4.69) is 34.1 Å². The Kier molecular flexibility index (Phi) is 5.62. The minimum atomic E-state index is -0.179. The average molecular weight is 313 g/mol. The summed E-state index contributed by atoms with van der Waals surface area (Å²) < 4.78 is 0. The molecule has 0 bridgehead atoms. The maximum atomic E-state index is 12.6. The molecule has 0 unspecified atom stereocenters. The number of hydrogen-bond donors (Lipinski definition) is 1. The summed E-state index contributed by atoms with van der Waals surface area (Å²) in [6.45, 7) is 8.96. The number of aromatic nitrogens is 3. The highest BCUT2D eigenvalue weighted by molar-refractivity contribution is 5.88. The fourth-order valence-electron chi connectivity index (χ4n) is 2.32. The number of aryl methyl sites for hydroxylation is 2. The predicted molar refractivity (Wildman–Crippen MR) is 90.0 cm³/mol. The van der Waals surface area contributed by atoms with E-state index in [1.54, 1.807) is 17.2 Å². The largest absolute Gasteiger partial charge is 0.323 e. The quantitative estimate of drug-likeness (QED) is 0.920. The number of pyridine rings is 1. The highest BCUT2D eigenvalue weighted by atomic mass is 16.2. The minimum Gasteiger partial charge on any atom is -0.318 e. The third kappa shape index (κ3) is 5.32. The second-order valence-electron chi connectivity index (χ2n) is 5.97. The Morgan fingerprint density at radius 1 is 1.26 bits per heavy atom. The number of urea groups is 1. The van der Waals surface area contributed by atoms with Crippen molar-refractivity contribution in [3.63, 3.8) is 0 Å². The number of hydrogen-bond acceptors (Lipinski definition) is 4. The Hall–Kier alpha value is -2.50. The van der Waals surface area contributed by atoms with Gasteiger partial charge >= 0.3 is 6.03 Å². The van der Waals surface area contributed by atoms with Gasteiger partial charge in [-0.15, -0.1) is 0 Å². The molecule has 0 saturated heterocycles. The van der Waals surface area contributed by atoms with Crippen molar-refractivity contribution in [2.24, 2.45) is 5.92 Å². The zero-order valence-electron chi connectivity index (χ0n) is 14.1. The standard InChI is InChI=1S/C17H23N5O/c1-12(2)10-22(11-15-7-5-6-8-18-15)17(23)21-16-9-13(3)19-14(4)20-16/h5-9,12H,10-11H2,1-4H3,(H,19,20,21,23). The highest BCUT2D eigenvalue weighted by Crippen LogP contribution is 2.10. The number of carbonyl (C=O) groups excluding carboxylic acids is 1. The number of nitrogens with one attached hydrogen (secondary N) is 1. The van der Waals surface area contributed by atoms with Crippen LogP contribution in [0.3, 0.4) is 0 Å². The fraction of sp³-hybridized carbons (Fsp3) is 0.412. The molecule has 2 heterocycles. The molecule has 0 aliphatic carbocycles. The third-order valence-corrected chi connectivity index (χ3v) is 3.15. The zero-order valence-corrected chi connectivity index (χ0v) is 14.1. The molecule has 0 fully saturated rings. The van der Waals surface area contributed by atoms with E-state index in [-0.39, 0.29) is 6.03 Å². The van der Waals surface area contributed by atoms with Gasteiger partial charge in [0.15, 0.2) is 0 Å². The monoisotopic (exact) mass is 313 g/mol. The maximum Gasteiger partial charge on any atom is 0.323 e. The first-order chi connectivity index (χ1) is 10.9. The molecule has 23 heavy (non-hydrogen) atoms. The van der Waals surface area contributed by atoms with Crippen LogP contribution in [0.1, 0.15) is 31.1 Å². The molecule has 122 valence electrons. The van der Waals surface area contributed by atoms with Crippen LogP contribution in [0.15, 0.2) is 30.5 Å². The van der Waals surface area contributed by atoms with Crippen LogP contribution in [0.4, 0.5) is 10.6 Å². The second kappa shape index (κ2) is 7.67. The molecule has 2 rings (SSSR count). The van der Waals surface area contributed by atoms with Crippen molar-refractivity contribution in [1.29, 1.82) is 0 Å². The van der Waals surface area contributed by atoms with Gasteiger partial charge < -0.3 is 4.90 Å². The van der Waals surface area contributed by atoms with Gasteiger partial charge in [0.25, 0.3) is 0 Å². The van der Waals surface area contributed by atoms with Crippen LogP contribution in [-0.4, -0.2) is 32.4 Å². The Labute approximate surface area is 137 Å². The Morgan fingerprint density at radius 3 is 2.65 bits per heavy atom. The van der Waals surface area contributed by atoms with Crippen LogP contribution in [-0.2, 0) is 6.54 Å². The average Bonchev–Trinajstić information content (AvgIpc) is 2.46. The van der Waals surface area contributed by atoms with Crippen molar-refractivity contribution in [3.8, 4) is 0 Å². The Morgan fingerprint density at radius 2 is 2.04 bits per heavy atom. The van der Waals surface area contributed by atoms with Crippen LogP contribution in [0.5, 0.6) is 0 Å². The van der Waals surface area contributed by atoms with E-state index < -0.39 is 0 Å². The molecule has 2 aromatic heterocycles. The van der Waals surface area contributed by atoms with Crippen molar-refractivity contribution in [2.75, 3.05) is 11.9 Å². The van der Waals surface area contributed by atoms with Gasteiger partial charge in [0.05, 0.1) is 12.2 Å². The van der Waals surface area contributed by atoms with Gasteiger partial charge in [-0.05, 0) is 31.9 Å². The van der Waals surface area contributed by atoms with Gasteiger partial charge in [-0.25, -0.2) is 14.8 Å². The summed E-state index contributed by atoms with van der Waals surface area (Å²) in [5, 5.41) is 2.86. The van der Waals surface area contributed by atoms with E-state index in [9.17, 15) is 4.79 Å². The number of rotatable bonds is 5. The molecule has 2 amide bonds. The molecule has 0 aliphatic heterocycles. The van der Waals surface area contributed by atoms with E-state index in [1.165, 1.54) is 0 Å².